The summed E-state index contributed by atoms with van der Waals surface area (Å²) in [5, 5.41) is 8.43. The van der Waals surface area contributed by atoms with Gasteiger partial charge in [-0.25, -0.2) is 0 Å². The molecule has 0 fully saturated rings. The standard InChI is InChI=1S/C4H10O2.3C2H4/c1-4(5)3-6-2;3*1-2/h4-5H,3H2,1-2H3;3*1-2H2. The van der Waals surface area contributed by atoms with E-state index in [-0.39, 0.29) is 6.10 Å². The van der Waals surface area contributed by atoms with Crippen LogP contribution in [0.3, 0.4) is 0 Å². The van der Waals surface area contributed by atoms with Crippen LogP contribution < -0.4 is 0 Å². The summed E-state index contributed by atoms with van der Waals surface area (Å²) in [4.78, 5) is 0. The van der Waals surface area contributed by atoms with E-state index >= 15 is 0 Å². The Labute approximate surface area is 76.9 Å². The fourth-order valence-corrected chi connectivity index (χ4v) is 0.241. The average molecular weight is 174 g/mol. The molecule has 0 aromatic heterocycles. The Bertz CT molecular complexity index is 49.0. The van der Waals surface area contributed by atoms with Crippen LogP contribution in [-0.2, 0) is 4.74 Å². The summed E-state index contributed by atoms with van der Waals surface area (Å²) in [6.45, 7) is 20.1. The molecule has 74 valence electrons. The van der Waals surface area contributed by atoms with Crippen molar-refractivity contribution in [2.75, 3.05) is 13.7 Å². The minimum absolute atomic E-state index is 0.324. The summed E-state index contributed by atoms with van der Waals surface area (Å²) >= 11 is 0. The van der Waals surface area contributed by atoms with Gasteiger partial charge in [-0.3, -0.25) is 0 Å². The third kappa shape index (κ3) is 132. The molecule has 1 unspecified atom stereocenters. The van der Waals surface area contributed by atoms with Crippen LogP contribution in [0, 0.1) is 0 Å². The van der Waals surface area contributed by atoms with E-state index < -0.39 is 0 Å². The summed E-state index contributed by atoms with van der Waals surface area (Å²) in [6.07, 6.45) is -0.324. The first kappa shape index (κ1) is 22.5. The van der Waals surface area contributed by atoms with Crippen molar-refractivity contribution in [2.45, 2.75) is 13.0 Å². The first-order valence-corrected chi connectivity index (χ1v) is 3.44. The maximum Gasteiger partial charge on any atom is 0.0745 e. The maximum atomic E-state index is 8.43. The highest BCUT2D eigenvalue weighted by Crippen LogP contribution is 1.75. The molecule has 0 aromatic rings. The molecule has 0 saturated carbocycles. The quantitative estimate of drug-likeness (QED) is 0.651. The number of methoxy groups -OCH3 is 1. The molecule has 12 heavy (non-hydrogen) atoms. The number of ether oxygens (including phenoxy) is 1. The summed E-state index contributed by atoms with van der Waals surface area (Å²) in [5.41, 5.74) is 0. The minimum Gasteiger partial charge on any atom is -0.391 e. The van der Waals surface area contributed by atoms with Crippen molar-refractivity contribution >= 4 is 0 Å². The zero-order valence-electron chi connectivity index (χ0n) is 8.38. The van der Waals surface area contributed by atoms with Gasteiger partial charge in [-0.05, 0) is 6.92 Å². The molecule has 1 N–H and O–H groups in total. The predicted octanol–water partition coefficient (Wildman–Crippen LogP) is 2.42. The van der Waals surface area contributed by atoms with Crippen LogP contribution >= 0.6 is 0 Å². The number of rotatable bonds is 2. The molecule has 0 rings (SSSR count). The molecule has 0 radical (unpaired) electrons. The van der Waals surface area contributed by atoms with E-state index in [1.165, 1.54) is 0 Å². The monoisotopic (exact) mass is 174 g/mol. The number of hydrogen-bond acceptors (Lipinski definition) is 2. The molecular formula is C10H22O2. The van der Waals surface area contributed by atoms with Crippen molar-refractivity contribution < 1.29 is 9.84 Å². The molecular weight excluding hydrogens is 152 g/mol. The molecule has 1 atom stereocenters. The van der Waals surface area contributed by atoms with Crippen LogP contribution in [0.4, 0.5) is 0 Å². The van der Waals surface area contributed by atoms with E-state index in [9.17, 15) is 0 Å². The topological polar surface area (TPSA) is 29.5 Å². The molecule has 0 spiro atoms. The van der Waals surface area contributed by atoms with Gasteiger partial charge in [0, 0.05) is 7.11 Å². The first-order chi connectivity index (χ1) is 5.77. The number of aliphatic hydroxyl groups is 1. The average Bonchev–Trinajstić information content (AvgIpc) is 2.14. The Morgan fingerprint density at radius 3 is 1.33 bits per heavy atom. The summed E-state index contributed by atoms with van der Waals surface area (Å²) < 4.78 is 4.55. The van der Waals surface area contributed by atoms with Crippen LogP contribution in [0.1, 0.15) is 6.92 Å². The highest BCUT2D eigenvalue weighted by Gasteiger charge is 1.87. The van der Waals surface area contributed by atoms with Gasteiger partial charge in [0.1, 0.15) is 0 Å². The number of hydrogen-bond donors (Lipinski definition) is 1. The van der Waals surface area contributed by atoms with Crippen LogP contribution in [-0.4, -0.2) is 24.9 Å². The molecule has 2 heteroatoms. The van der Waals surface area contributed by atoms with Gasteiger partial charge in [-0.15, -0.1) is 39.5 Å². The van der Waals surface area contributed by atoms with E-state index in [1.54, 1.807) is 14.0 Å². The molecule has 0 heterocycles. The highest BCUT2D eigenvalue weighted by atomic mass is 16.5. The zero-order valence-corrected chi connectivity index (χ0v) is 8.38. The number of aliphatic hydroxyl groups excluding tert-OH is 1. The molecule has 0 aliphatic heterocycles. The summed E-state index contributed by atoms with van der Waals surface area (Å²) in [7, 11) is 1.56. The van der Waals surface area contributed by atoms with E-state index in [4.69, 9.17) is 5.11 Å². The van der Waals surface area contributed by atoms with E-state index in [2.05, 4.69) is 44.2 Å². The lowest BCUT2D eigenvalue weighted by molar-refractivity contribution is 0.0765. The van der Waals surface area contributed by atoms with Crippen LogP contribution in [0.5, 0.6) is 0 Å². The third-order valence-electron chi connectivity index (χ3n) is 0.408. The Balaban J connectivity index is -0.0000000453. The fraction of sp³-hybridized carbons (Fsp3) is 0.400. The molecule has 0 bridgehead atoms. The van der Waals surface area contributed by atoms with E-state index in [1.807, 2.05) is 0 Å². The molecule has 0 saturated heterocycles. The second kappa shape index (κ2) is 49.4. The lowest BCUT2D eigenvalue weighted by Crippen LogP contribution is -2.07. The molecule has 0 aliphatic rings. The van der Waals surface area contributed by atoms with Crippen LogP contribution in [0.2, 0.25) is 0 Å². The van der Waals surface area contributed by atoms with Crippen LogP contribution in [0.15, 0.2) is 39.5 Å². The smallest absolute Gasteiger partial charge is 0.0745 e. The largest absolute Gasteiger partial charge is 0.391 e. The maximum absolute atomic E-state index is 8.43. The van der Waals surface area contributed by atoms with Crippen molar-refractivity contribution in [1.82, 2.24) is 0 Å². The highest BCUT2D eigenvalue weighted by molar-refractivity contribution is 4.36. The predicted molar refractivity (Wildman–Crippen MR) is 57.3 cm³/mol. The Morgan fingerprint density at radius 1 is 1.08 bits per heavy atom. The second-order valence-electron chi connectivity index (χ2n) is 1.30. The molecule has 0 amide bonds. The summed E-state index contributed by atoms with van der Waals surface area (Å²) in [5.74, 6) is 0. The molecule has 0 aliphatic carbocycles. The van der Waals surface area contributed by atoms with E-state index in [0.717, 1.165) is 0 Å². The van der Waals surface area contributed by atoms with Gasteiger partial charge < -0.3 is 9.84 Å². The molecule has 2 nitrogen and oxygen atoms in total. The van der Waals surface area contributed by atoms with Gasteiger partial charge in [0.2, 0.25) is 0 Å². The fourth-order valence-electron chi connectivity index (χ4n) is 0.241. The van der Waals surface area contributed by atoms with Gasteiger partial charge in [-0.2, -0.15) is 0 Å². The van der Waals surface area contributed by atoms with Crippen molar-refractivity contribution in [3.63, 3.8) is 0 Å². The van der Waals surface area contributed by atoms with Gasteiger partial charge in [0.25, 0.3) is 0 Å². The van der Waals surface area contributed by atoms with Crippen molar-refractivity contribution in [3.05, 3.63) is 39.5 Å². The molecule has 0 aromatic carbocycles. The Morgan fingerprint density at radius 2 is 1.33 bits per heavy atom. The van der Waals surface area contributed by atoms with Gasteiger partial charge in [0.15, 0.2) is 0 Å². The Hall–Kier alpha value is -0.860. The lowest BCUT2D eigenvalue weighted by atomic mass is 10.5. The second-order valence-corrected chi connectivity index (χ2v) is 1.30. The normalized spacial score (nSPS) is 8.25. The van der Waals surface area contributed by atoms with Crippen LogP contribution in [0.25, 0.3) is 0 Å². The van der Waals surface area contributed by atoms with Crippen molar-refractivity contribution in [3.8, 4) is 0 Å². The van der Waals surface area contributed by atoms with Gasteiger partial charge >= 0.3 is 0 Å². The van der Waals surface area contributed by atoms with Crippen molar-refractivity contribution in [1.29, 1.82) is 0 Å². The SMILES string of the molecule is C=C.C=C.C=C.COCC(C)O. The third-order valence-corrected chi connectivity index (χ3v) is 0.408. The summed E-state index contributed by atoms with van der Waals surface area (Å²) in [6, 6.07) is 0. The van der Waals surface area contributed by atoms with Gasteiger partial charge in [0.05, 0.1) is 12.7 Å². The van der Waals surface area contributed by atoms with Gasteiger partial charge in [-0.1, -0.05) is 0 Å². The van der Waals surface area contributed by atoms with E-state index in [0.29, 0.717) is 6.61 Å². The Kier molecular flexibility index (Phi) is 92.5. The first-order valence-electron chi connectivity index (χ1n) is 3.44. The van der Waals surface area contributed by atoms with Crippen molar-refractivity contribution in [2.24, 2.45) is 0 Å². The zero-order chi connectivity index (χ0) is 11.0. The minimum atomic E-state index is -0.324. The lowest BCUT2D eigenvalue weighted by Gasteiger charge is -1.97.